The molecule has 2 aliphatic heterocycles. The van der Waals surface area contributed by atoms with Gasteiger partial charge in [-0.1, -0.05) is 92.6 Å². The van der Waals surface area contributed by atoms with Crippen molar-refractivity contribution in [3.8, 4) is 17.2 Å². The lowest BCUT2D eigenvalue weighted by molar-refractivity contribution is -0.269. The van der Waals surface area contributed by atoms with E-state index in [1.165, 1.54) is 11.1 Å². The van der Waals surface area contributed by atoms with E-state index in [0.29, 0.717) is 0 Å². The Kier molecular flexibility index (Phi) is 5.18. The van der Waals surface area contributed by atoms with Gasteiger partial charge in [0.2, 0.25) is 0 Å². The third kappa shape index (κ3) is 3.66. The van der Waals surface area contributed by atoms with E-state index in [1.54, 1.807) is 6.07 Å². The summed E-state index contributed by atoms with van der Waals surface area (Å²) < 4.78 is 13.1. The molecular formula is C31H36O3P-. The molecular weight excluding hydrogens is 451 g/mol. The normalized spacial score (nSPS) is 21.1. The molecule has 5 rings (SSSR count). The van der Waals surface area contributed by atoms with Crippen LogP contribution in [0.4, 0.5) is 0 Å². The van der Waals surface area contributed by atoms with Crippen LogP contribution in [0, 0.1) is 0 Å². The van der Waals surface area contributed by atoms with E-state index >= 15 is 0 Å². The minimum Gasteiger partial charge on any atom is -0.872 e. The summed E-state index contributed by atoms with van der Waals surface area (Å²) in [6.07, 6.45) is 0. The Morgan fingerprint density at radius 1 is 0.571 bits per heavy atom. The fourth-order valence-corrected chi connectivity index (χ4v) is 7.16. The maximum absolute atomic E-state index is 13.7. The average molecular weight is 488 g/mol. The first-order valence-corrected chi connectivity index (χ1v) is 13.6. The third-order valence-corrected chi connectivity index (χ3v) is 9.34. The molecule has 184 valence electrons. The molecule has 0 amide bonds. The van der Waals surface area contributed by atoms with Gasteiger partial charge in [-0.3, -0.25) is 0 Å². The Morgan fingerprint density at radius 2 is 0.943 bits per heavy atom. The number of benzene rings is 3. The van der Waals surface area contributed by atoms with Crippen LogP contribution in [0.5, 0.6) is 17.2 Å². The van der Waals surface area contributed by atoms with E-state index < -0.39 is 13.5 Å². The number of rotatable bonds is 1. The SMILES string of the molecule is CC(C)(C)c1ccc([O-])c(C23c4cc(C(C)(C)C)ccc4OP2Oc2ccc(C(C)(C)C)cc23)c1. The van der Waals surface area contributed by atoms with Crippen LogP contribution in [0.15, 0.2) is 54.6 Å². The van der Waals surface area contributed by atoms with Gasteiger partial charge in [0.15, 0.2) is 0 Å². The molecule has 0 saturated carbocycles. The van der Waals surface area contributed by atoms with Gasteiger partial charge in [0.05, 0.1) is 0 Å². The van der Waals surface area contributed by atoms with Crippen LogP contribution in [0.3, 0.4) is 0 Å². The first-order valence-electron chi connectivity index (χ1n) is 12.4. The molecule has 0 bridgehead atoms. The highest BCUT2D eigenvalue weighted by Gasteiger charge is 2.61. The molecule has 0 atom stereocenters. The molecule has 2 aliphatic rings. The van der Waals surface area contributed by atoms with Crippen molar-refractivity contribution in [2.75, 3.05) is 0 Å². The average Bonchev–Trinajstić information content (AvgIpc) is 3.22. The molecule has 3 nitrogen and oxygen atoms in total. The van der Waals surface area contributed by atoms with E-state index in [0.717, 1.165) is 33.8 Å². The quantitative estimate of drug-likeness (QED) is 0.326. The summed E-state index contributed by atoms with van der Waals surface area (Å²) in [7, 11) is -1.47. The van der Waals surface area contributed by atoms with E-state index in [4.69, 9.17) is 9.05 Å². The summed E-state index contributed by atoms with van der Waals surface area (Å²) in [4.78, 5) is 0. The fourth-order valence-electron chi connectivity index (χ4n) is 5.06. The van der Waals surface area contributed by atoms with Gasteiger partial charge in [0.25, 0.3) is 0 Å². The van der Waals surface area contributed by atoms with E-state index in [1.807, 2.05) is 6.07 Å². The van der Waals surface area contributed by atoms with Crippen molar-refractivity contribution in [2.45, 2.75) is 83.7 Å². The highest BCUT2D eigenvalue weighted by Crippen LogP contribution is 2.76. The maximum atomic E-state index is 13.7. The lowest BCUT2D eigenvalue weighted by Crippen LogP contribution is -2.26. The second-order valence-electron chi connectivity index (χ2n) is 13.0. The van der Waals surface area contributed by atoms with Crippen molar-refractivity contribution in [1.82, 2.24) is 0 Å². The summed E-state index contributed by atoms with van der Waals surface area (Å²) >= 11 is 0. The smallest absolute Gasteiger partial charge is 0.311 e. The maximum Gasteiger partial charge on any atom is 0.311 e. The van der Waals surface area contributed by atoms with Crippen LogP contribution >= 0.6 is 8.38 Å². The molecule has 0 aromatic heterocycles. The summed E-state index contributed by atoms with van der Waals surface area (Å²) in [5.74, 6) is 1.66. The Bertz CT molecular complexity index is 1250. The van der Waals surface area contributed by atoms with Crippen LogP contribution in [-0.2, 0) is 21.4 Å². The molecule has 0 aliphatic carbocycles. The van der Waals surface area contributed by atoms with Crippen molar-refractivity contribution in [3.63, 3.8) is 0 Å². The largest absolute Gasteiger partial charge is 0.872 e. The first-order chi connectivity index (χ1) is 16.1. The zero-order valence-electron chi connectivity index (χ0n) is 22.4. The van der Waals surface area contributed by atoms with Gasteiger partial charge in [-0.2, -0.15) is 0 Å². The Morgan fingerprint density at radius 3 is 1.34 bits per heavy atom. The predicted molar refractivity (Wildman–Crippen MR) is 143 cm³/mol. The molecule has 3 aromatic carbocycles. The Labute approximate surface area is 211 Å². The topological polar surface area (TPSA) is 41.5 Å². The fraction of sp³-hybridized carbons (Fsp3) is 0.419. The van der Waals surface area contributed by atoms with Gasteiger partial charge in [0.1, 0.15) is 16.7 Å². The summed E-state index contributed by atoms with van der Waals surface area (Å²) in [5, 5.41) is 12.9. The zero-order chi connectivity index (χ0) is 25.6. The highest BCUT2D eigenvalue weighted by molar-refractivity contribution is 7.51. The van der Waals surface area contributed by atoms with Crippen LogP contribution in [0.1, 0.15) is 95.7 Å². The summed E-state index contributed by atoms with van der Waals surface area (Å²) in [6.45, 7) is 19.9. The summed E-state index contributed by atoms with van der Waals surface area (Å²) in [6, 6.07) is 18.7. The van der Waals surface area contributed by atoms with Crippen molar-refractivity contribution in [2.24, 2.45) is 0 Å². The van der Waals surface area contributed by atoms with Crippen LogP contribution in [-0.4, -0.2) is 0 Å². The minimum absolute atomic E-state index is 0.0284. The van der Waals surface area contributed by atoms with Gasteiger partial charge in [-0.05, 0) is 62.8 Å². The summed E-state index contributed by atoms with van der Waals surface area (Å²) in [5.41, 5.74) is 6.25. The highest BCUT2D eigenvalue weighted by atomic mass is 31.2. The van der Waals surface area contributed by atoms with Gasteiger partial charge in [0, 0.05) is 11.1 Å². The standard InChI is InChI=1S/C31H37O3P/c1-28(2,3)19-10-13-25(32)22(16-19)31-23-17-20(29(4,5)6)11-14-26(23)33-35(31)34-27-15-12-21(18-24(27)31)30(7,8)9/h10-18,32H,1-9H3/p-1. The van der Waals surface area contributed by atoms with E-state index in [-0.39, 0.29) is 22.0 Å². The molecule has 35 heavy (non-hydrogen) atoms. The van der Waals surface area contributed by atoms with Gasteiger partial charge < -0.3 is 14.2 Å². The molecule has 2 heterocycles. The first kappa shape index (κ1) is 24.2. The number of hydrogen-bond donors (Lipinski definition) is 0. The van der Waals surface area contributed by atoms with E-state index in [9.17, 15) is 5.11 Å². The number of fused-ring (bicyclic) bond motifs is 5. The van der Waals surface area contributed by atoms with Gasteiger partial charge in [-0.15, -0.1) is 5.75 Å². The van der Waals surface area contributed by atoms with Crippen molar-refractivity contribution in [1.29, 1.82) is 0 Å². The van der Waals surface area contributed by atoms with Crippen molar-refractivity contribution in [3.05, 3.63) is 88.0 Å². The molecule has 0 N–H and O–H groups in total. The molecule has 0 saturated heterocycles. The lowest BCUT2D eigenvalue weighted by atomic mass is 9.76. The van der Waals surface area contributed by atoms with Crippen LogP contribution in [0.25, 0.3) is 0 Å². The Hall–Kier alpha value is -2.51. The molecule has 3 aromatic rings. The predicted octanol–water partition coefficient (Wildman–Crippen LogP) is 8.04. The monoisotopic (exact) mass is 487 g/mol. The van der Waals surface area contributed by atoms with Gasteiger partial charge in [-0.25, -0.2) is 0 Å². The van der Waals surface area contributed by atoms with Crippen LogP contribution < -0.4 is 14.2 Å². The number of hydrogen-bond acceptors (Lipinski definition) is 3. The second kappa shape index (κ2) is 7.50. The Balaban J connectivity index is 1.89. The second-order valence-corrected chi connectivity index (χ2v) is 14.6. The molecule has 4 heteroatoms. The molecule has 0 unspecified atom stereocenters. The molecule has 0 spiro atoms. The molecule has 0 fully saturated rings. The lowest BCUT2D eigenvalue weighted by Gasteiger charge is -2.34. The minimum atomic E-state index is -1.47. The van der Waals surface area contributed by atoms with E-state index in [2.05, 4.69) is 105 Å². The third-order valence-electron chi connectivity index (χ3n) is 7.34. The van der Waals surface area contributed by atoms with Crippen molar-refractivity contribution < 1.29 is 14.2 Å². The molecule has 0 radical (unpaired) electrons. The zero-order valence-corrected chi connectivity index (χ0v) is 23.3. The van der Waals surface area contributed by atoms with Crippen molar-refractivity contribution >= 4 is 8.38 Å². The van der Waals surface area contributed by atoms with Crippen LogP contribution in [0.2, 0.25) is 0 Å². The van der Waals surface area contributed by atoms with Gasteiger partial charge >= 0.3 is 8.38 Å².